The Balaban J connectivity index is 2.17. The number of nitrogens with zero attached hydrogens (tertiary/aromatic N) is 2. The van der Waals surface area contributed by atoms with Gasteiger partial charge in [0.15, 0.2) is 0 Å². The van der Waals surface area contributed by atoms with Crippen LogP contribution in [0.2, 0.25) is 5.02 Å². The lowest BCUT2D eigenvalue weighted by Gasteiger charge is -2.11. The molecule has 0 saturated heterocycles. The molecule has 6 heteroatoms. The lowest BCUT2D eigenvalue weighted by molar-refractivity contribution is 0.396. The number of aromatic nitrogens is 2. The van der Waals surface area contributed by atoms with E-state index >= 15 is 0 Å². The number of halogens is 3. The van der Waals surface area contributed by atoms with Gasteiger partial charge in [0, 0.05) is 23.2 Å². The van der Waals surface area contributed by atoms with Gasteiger partial charge < -0.3 is 4.74 Å². The molecule has 0 spiro atoms. The molecule has 1 aromatic carbocycles. The molecule has 1 unspecified atom stereocenters. The fraction of sp³-hybridized carbons (Fsp3) is 0.231. The zero-order chi connectivity index (χ0) is 13.8. The fourth-order valence-corrected chi connectivity index (χ4v) is 2.35. The van der Waals surface area contributed by atoms with Crippen LogP contribution in [0, 0.1) is 5.82 Å². The quantitative estimate of drug-likeness (QED) is 0.806. The molecule has 100 valence electrons. The summed E-state index contributed by atoms with van der Waals surface area (Å²) in [6.45, 7) is 0. The molecular formula is C13H11Cl2FN2O. The van der Waals surface area contributed by atoms with Crippen LogP contribution in [0.5, 0.6) is 5.88 Å². The molecule has 1 heterocycles. The molecule has 3 nitrogen and oxygen atoms in total. The SMILES string of the molecule is COc1cc(CC(Cl)c2ccc(F)cc2Cl)ncn1. The van der Waals surface area contributed by atoms with E-state index in [4.69, 9.17) is 27.9 Å². The highest BCUT2D eigenvalue weighted by atomic mass is 35.5. The molecule has 1 aromatic heterocycles. The van der Waals surface area contributed by atoms with Crippen molar-refractivity contribution in [3.05, 3.63) is 52.7 Å². The van der Waals surface area contributed by atoms with Crippen molar-refractivity contribution in [2.75, 3.05) is 7.11 Å². The Labute approximate surface area is 120 Å². The molecular weight excluding hydrogens is 290 g/mol. The lowest BCUT2D eigenvalue weighted by Crippen LogP contribution is -2.01. The highest BCUT2D eigenvalue weighted by Gasteiger charge is 2.14. The van der Waals surface area contributed by atoms with E-state index in [1.54, 1.807) is 12.1 Å². The van der Waals surface area contributed by atoms with E-state index in [-0.39, 0.29) is 5.82 Å². The van der Waals surface area contributed by atoms with Crippen molar-refractivity contribution >= 4 is 23.2 Å². The molecule has 19 heavy (non-hydrogen) atoms. The van der Waals surface area contributed by atoms with Crippen molar-refractivity contribution < 1.29 is 9.13 Å². The van der Waals surface area contributed by atoms with Gasteiger partial charge in [0.1, 0.15) is 12.1 Å². The van der Waals surface area contributed by atoms with Crippen LogP contribution in [0.1, 0.15) is 16.6 Å². The van der Waals surface area contributed by atoms with Gasteiger partial charge in [-0.3, -0.25) is 0 Å². The maximum Gasteiger partial charge on any atom is 0.216 e. The summed E-state index contributed by atoms with van der Waals surface area (Å²) in [7, 11) is 1.53. The molecule has 0 amide bonds. The van der Waals surface area contributed by atoms with E-state index in [0.29, 0.717) is 22.9 Å². The molecule has 2 rings (SSSR count). The summed E-state index contributed by atoms with van der Waals surface area (Å²) in [5.74, 6) is 0.0837. The predicted octanol–water partition coefficient (Wildman–Crippen LogP) is 3.80. The Morgan fingerprint density at radius 3 is 2.79 bits per heavy atom. The summed E-state index contributed by atoms with van der Waals surface area (Å²) in [5.41, 5.74) is 1.40. The first-order valence-corrected chi connectivity index (χ1v) is 6.35. The first-order chi connectivity index (χ1) is 9.10. The van der Waals surface area contributed by atoms with Crippen molar-refractivity contribution in [2.24, 2.45) is 0 Å². The summed E-state index contributed by atoms with van der Waals surface area (Å²) in [6, 6.07) is 5.85. The third kappa shape index (κ3) is 3.55. The first-order valence-electron chi connectivity index (χ1n) is 5.54. The second-order valence-electron chi connectivity index (χ2n) is 3.89. The van der Waals surface area contributed by atoms with Gasteiger partial charge in [-0.2, -0.15) is 0 Å². The summed E-state index contributed by atoms with van der Waals surface area (Å²) < 4.78 is 18.0. The summed E-state index contributed by atoms with van der Waals surface area (Å²) in [5, 5.41) is -0.0891. The maximum atomic E-state index is 13.0. The molecule has 0 fully saturated rings. The van der Waals surface area contributed by atoms with Crippen LogP contribution in [-0.4, -0.2) is 17.1 Å². The van der Waals surface area contributed by atoms with Crippen LogP contribution in [-0.2, 0) is 6.42 Å². The number of methoxy groups -OCH3 is 1. The zero-order valence-corrected chi connectivity index (χ0v) is 11.6. The average Bonchev–Trinajstić information content (AvgIpc) is 2.38. The molecule has 0 aliphatic carbocycles. The molecule has 0 aliphatic heterocycles. The minimum atomic E-state index is -0.396. The largest absolute Gasteiger partial charge is 0.481 e. The van der Waals surface area contributed by atoms with Crippen LogP contribution in [0.15, 0.2) is 30.6 Å². The van der Waals surface area contributed by atoms with Gasteiger partial charge in [0.05, 0.1) is 12.5 Å². The minimum Gasteiger partial charge on any atom is -0.481 e. The number of benzene rings is 1. The molecule has 1 atom stereocenters. The third-order valence-electron chi connectivity index (χ3n) is 2.60. The van der Waals surface area contributed by atoms with Crippen LogP contribution in [0.25, 0.3) is 0 Å². The smallest absolute Gasteiger partial charge is 0.216 e. The number of hydrogen-bond acceptors (Lipinski definition) is 3. The Hall–Kier alpha value is -1.39. The van der Waals surface area contributed by atoms with Gasteiger partial charge in [-0.05, 0) is 17.7 Å². The number of ether oxygens (including phenoxy) is 1. The van der Waals surface area contributed by atoms with Gasteiger partial charge in [-0.15, -0.1) is 11.6 Å². The van der Waals surface area contributed by atoms with Gasteiger partial charge in [-0.1, -0.05) is 17.7 Å². The third-order valence-corrected chi connectivity index (χ3v) is 3.31. The topological polar surface area (TPSA) is 35.0 Å². The summed E-state index contributed by atoms with van der Waals surface area (Å²) >= 11 is 12.3. The molecule has 0 aliphatic rings. The van der Waals surface area contributed by atoms with Crippen LogP contribution in [0.4, 0.5) is 4.39 Å². The lowest BCUT2D eigenvalue weighted by atomic mass is 10.1. The van der Waals surface area contributed by atoms with Crippen molar-refractivity contribution in [2.45, 2.75) is 11.8 Å². The Bertz CT molecular complexity index is 580. The van der Waals surface area contributed by atoms with Crippen LogP contribution < -0.4 is 4.74 Å². The van der Waals surface area contributed by atoms with E-state index < -0.39 is 5.38 Å². The number of hydrogen-bond donors (Lipinski definition) is 0. The monoisotopic (exact) mass is 300 g/mol. The van der Waals surface area contributed by atoms with Crippen molar-refractivity contribution in [1.29, 1.82) is 0 Å². The standard InChI is InChI=1S/C13H11Cl2FN2O/c1-19-13-6-9(17-7-18-13)5-12(15)10-3-2-8(16)4-11(10)14/h2-4,6-7,12H,5H2,1H3. The molecule has 0 bridgehead atoms. The van der Waals surface area contributed by atoms with Gasteiger partial charge in [0.2, 0.25) is 5.88 Å². The molecule has 0 radical (unpaired) electrons. The second kappa shape index (κ2) is 6.17. The highest BCUT2D eigenvalue weighted by Crippen LogP contribution is 2.31. The van der Waals surface area contributed by atoms with E-state index in [2.05, 4.69) is 9.97 Å². The van der Waals surface area contributed by atoms with Crippen molar-refractivity contribution in [3.8, 4) is 5.88 Å². The minimum absolute atomic E-state index is 0.307. The zero-order valence-electron chi connectivity index (χ0n) is 10.1. The normalized spacial score (nSPS) is 12.2. The number of alkyl halides is 1. The van der Waals surface area contributed by atoms with E-state index in [1.165, 1.54) is 25.6 Å². The van der Waals surface area contributed by atoms with Crippen molar-refractivity contribution in [1.82, 2.24) is 9.97 Å². The van der Waals surface area contributed by atoms with E-state index in [9.17, 15) is 4.39 Å². The summed E-state index contributed by atoms with van der Waals surface area (Å²) in [4.78, 5) is 8.02. The van der Waals surface area contributed by atoms with Gasteiger partial charge in [0.25, 0.3) is 0 Å². The molecule has 0 N–H and O–H groups in total. The average molecular weight is 301 g/mol. The van der Waals surface area contributed by atoms with Gasteiger partial charge >= 0.3 is 0 Å². The Kier molecular flexibility index (Phi) is 4.56. The number of rotatable bonds is 4. The van der Waals surface area contributed by atoms with E-state index in [0.717, 1.165) is 5.69 Å². The highest BCUT2D eigenvalue weighted by molar-refractivity contribution is 6.32. The summed E-state index contributed by atoms with van der Waals surface area (Å²) in [6.07, 6.45) is 1.86. The van der Waals surface area contributed by atoms with E-state index in [1.807, 2.05) is 0 Å². The first kappa shape index (κ1) is 14.0. The Morgan fingerprint density at radius 2 is 2.11 bits per heavy atom. The predicted molar refractivity (Wildman–Crippen MR) is 72.3 cm³/mol. The maximum absolute atomic E-state index is 13.0. The fourth-order valence-electron chi connectivity index (χ4n) is 1.65. The van der Waals surface area contributed by atoms with Gasteiger partial charge in [-0.25, -0.2) is 14.4 Å². The second-order valence-corrected chi connectivity index (χ2v) is 4.82. The van der Waals surface area contributed by atoms with Crippen molar-refractivity contribution in [3.63, 3.8) is 0 Å². The Morgan fingerprint density at radius 1 is 1.32 bits per heavy atom. The van der Waals surface area contributed by atoms with Crippen LogP contribution in [0.3, 0.4) is 0 Å². The van der Waals surface area contributed by atoms with Crippen LogP contribution >= 0.6 is 23.2 Å². The molecule has 2 aromatic rings. The molecule has 0 saturated carbocycles.